The number of carbonyl (C=O) groups excluding carboxylic acids is 1. The molecule has 0 spiro atoms. The number of benzene rings is 1. The predicted molar refractivity (Wildman–Crippen MR) is 65.2 cm³/mol. The largest absolute Gasteiger partial charge is 0.465 e. The Balaban J connectivity index is 3.14. The van der Waals surface area contributed by atoms with Crippen LogP contribution in [0.5, 0.6) is 0 Å². The monoisotopic (exact) mass is 236 g/mol. The SMILES string of the molecule is C=CCC(C)(C(=O)OCC)c1cccc(F)c1. The molecule has 0 N–H and O–H groups in total. The molecule has 0 amide bonds. The lowest BCUT2D eigenvalue weighted by molar-refractivity contribution is -0.149. The summed E-state index contributed by atoms with van der Waals surface area (Å²) in [6.07, 6.45) is 2.05. The zero-order chi connectivity index (χ0) is 12.9. The summed E-state index contributed by atoms with van der Waals surface area (Å²) in [5.74, 6) is -0.715. The van der Waals surface area contributed by atoms with E-state index in [-0.39, 0.29) is 11.8 Å². The third-order valence-corrected chi connectivity index (χ3v) is 2.74. The molecule has 0 radical (unpaired) electrons. The fourth-order valence-electron chi connectivity index (χ4n) is 1.73. The van der Waals surface area contributed by atoms with Gasteiger partial charge in [0, 0.05) is 0 Å². The maximum absolute atomic E-state index is 13.2. The van der Waals surface area contributed by atoms with Crippen molar-refractivity contribution >= 4 is 5.97 Å². The Morgan fingerprint density at radius 1 is 1.59 bits per heavy atom. The molecule has 1 unspecified atom stereocenters. The number of allylic oxidation sites excluding steroid dienone is 1. The number of carbonyl (C=O) groups is 1. The number of ether oxygens (including phenoxy) is 1. The molecule has 0 aliphatic rings. The Morgan fingerprint density at radius 3 is 2.82 bits per heavy atom. The van der Waals surface area contributed by atoms with E-state index in [1.807, 2.05) is 0 Å². The lowest BCUT2D eigenvalue weighted by Gasteiger charge is -2.26. The highest BCUT2D eigenvalue weighted by Crippen LogP contribution is 2.30. The molecule has 1 aromatic carbocycles. The van der Waals surface area contributed by atoms with Crippen molar-refractivity contribution < 1.29 is 13.9 Å². The molecular formula is C14H17FO2. The van der Waals surface area contributed by atoms with Crippen LogP contribution in [0.25, 0.3) is 0 Å². The first-order chi connectivity index (χ1) is 8.04. The van der Waals surface area contributed by atoms with Crippen LogP contribution >= 0.6 is 0 Å². The third kappa shape index (κ3) is 2.93. The van der Waals surface area contributed by atoms with E-state index in [2.05, 4.69) is 6.58 Å². The van der Waals surface area contributed by atoms with E-state index in [0.717, 1.165) is 0 Å². The van der Waals surface area contributed by atoms with Gasteiger partial charge in [-0.2, -0.15) is 0 Å². The molecule has 92 valence electrons. The summed E-state index contributed by atoms with van der Waals surface area (Å²) < 4.78 is 18.3. The molecule has 0 bridgehead atoms. The summed E-state index contributed by atoms with van der Waals surface area (Å²) >= 11 is 0. The van der Waals surface area contributed by atoms with Crippen LogP contribution in [0.3, 0.4) is 0 Å². The van der Waals surface area contributed by atoms with Crippen LogP contribution in [0.1, 0.15) is 25.8 Å². The van der Waals surface area contributed by atoms with E-state index in [9.17, 15) is 9.18 Å². The second-order valence-electron chi connectivity index (χ2n) is 4.06. The second-order valence-corrected chi connectivity index (χ2v) is 4.06. The molecule has 17 heavy (non-hydrogen) atoms. The Morgan fingerprint density at radius 2 is 2.29 bits per heavy atom. The van der Waals surface area contributed by atoms with Crippen molar-refractivity contribution in [1.82, 2.24) is 0 Å². The zero-order valence-corrected chi connectivity index (χ0v) is 10.2. The van der Waals surface area contributed by atoms with E-state index < -0.39 is 5.41 Å². The van der Waals surface area contributed by atoms with Crippen molar-refractivity contribution in [1.29, 1.82) is 0 Å². The third-order valence-electron chi connectivity index (χ3n) is 2.74. The van der Waals surface area contributed by atoms with Crippen molar-refractivity contribution in [3.63, 3.8) is 0 Å². The van der Waals surface area contributed by atoms with Gasteiger partial charge in [0.2, 0.25) is 0 Å². The van der Waals surface area contributed by atoms with Crippen LogP contribution in [0.15, 0.2) is 36.9 Å². The van der Waals surface area contributed by atoms with Gasteiger partial charge in [0.1, 0.15) is 5.82 Å². The van der Waals surface area contributed by atoms with Gasteiger partial charge < -0.3 is 4.74 Å². The van der Waals surface area contributed by atoms with Crippen molar-refractivity contribution in [2.75, 3.05) is 6.61 Å². The molecule has 0 fully saturated rings. The lowest BCUT2D eigenvalue weighted by Crippen LogP contribution is -2.34. The molecule has 0 saturated heterocycles. The van der Waals surface area contributed by atoms with Gasteiger partial charge in [-0.1, -0.05) is 18.2 Å². The normalized spacial score (nSPS) is 13.8. The summed E-state index contributed by atoms with van der Waals surface area (Å²) in [7, 11) is 0. The predicted octanol–water partition coefficient (Wildman–Crippen LogP) is 3.22. The van der Waals surface area contributed by atoms with Gasteiger partial charge >= 0.3 is 5.97 Å². The van der Waals surface area contributed by atoms with Crippen LogP contribution in [0, 0.1) is 5.82 Å². The Bertz CT molecular complexity index is 414. The standard InChI is InChI=1S/C14H17FO2/c1-4-9-14(3,13(16)17-5-2)11-7-6-8-12(15)10-11/h4,6-8,10H,1,5,9H2,2-3H3. The van der Waals surface area contributed by atoms with Crippen LogP contribution in [-0.2, 0) is 14.9 Å². The molecule has 0 heterocycles. The fraction of sp³-hybridized carbons (Fsp3) is 0.357. The summed E-state index contributed by atoms with van der Waals surface area (Å²) in [6, 6.07) is 6.03. The molecule has 2 nitrogen and oxygen atoms in total. The molecule has 1 aromatic rings. The summed E-state index contributed by atoms with van der Waals surface area (Å²) in [6.45, 7) is 7.43. The summed E-state index contributed by atoms with van der Waals surface area (Å²) in [4.78, 5) is 12.0. The second kappa shape index (κ2) is 5.62. The van der Waals surface area contributed by atoms with Gasteiger partial charge in [-0.05, 0) is 38.0 Å². The van der Waals surface area contributed by atoms with Crippen LogP contribution in [0.4, 0.5) is 4.39 Å². The minimum Gasteiger partial charge on any atom is -0.465 e. The minimum absolute atomic E-state index is 0.306. The van der Waals surface area contributed by atoms with Gasteiger partial charge in [-0.25, -0.2) is 4.39 Å². The van der Waals surface area contributed by atoms with Crippen molar-refractivity contribution in [3.8, 4) is 0 Å². The first-order valence-corrected chi connectivity index (χ1v) is 5.58. The van der Waals surface area contributed by atoms with Crippen LogP contribution in [-0.4, -0.2) is 12.6 Å². The highest BCUT2D eigenvalue weighted by molar-refractivity contribution is 5.83. The molecule has 3 heteroatoms. The fourth-order valence-corrected chi connectivity index (χ4v) is 1.73. The first-order valence-electron chi connectivity index (χ1n) is 5.58. The van der Waals surface area contributed by atoms with E-state index in [1.54, 1.807) is 32.1 Å². The van der Waals surface area contributed by atoms with E-state index >= 15 is 0 Å². The summed E-state index contributed by atoms with van der Waals surface area (Å²) in [5, 5.41) is 0. The Labute approximate surface area is 101 Å². The number of rotatable bonds is 5. The van der Waals surface area contributed by atoms with Gasteiger partial charge in [0.15, 0.2) is 0 Å². The van der Waals surface area contributed by atoms with Gasteiger partial charge in [-0.15, -0.1) is 6.58 Å². The van der Waals surface area contributed by atoms with E-state index in [0.29, 0.717) is 18.6 Å². The maximum atomic E-state index is 13.2. The molecule has 1 rings (SSSR count). The molecule has 0 aliphatic carbocycles. The van der Waals surface area contributed by atoms with Gasteiger partial charge in [-0.3, -0.25) is 4.79 Å². The van der Waals surface area contributed by atoms with E-state index in [4.69, 9.17) is 4.74 Å². The average Bonchev–Trinajstić information content (AvgIpc) is 2.29. The smallest absolute Gasteiger partial charge is 0.316 e. The van der Waals surface area contributed by atoms with Crippen LogP contribution in [0.2, 0.25) is 0 Å². The zero-order valence-electron chi connectivity index (χ0n) is 10.2. The molecule has 0 aliphatic heterocycles. The van der Waals surface area contributed by atoms with Gasteiger partial charge in [0.25, 0.3) is 0 Å². The molecule has 0 aromatic heterocycles. The molecule has 0 saturated carbocycles. The lowest BCUT2D eigenvalue weighted by atomic mass is 9.79. The Kier molecular flexibility index (Phi) is 4.44. The number of hydrogen-bond donors (Lipinski definition) is 0. The number of hydrogen-bond acceptors (Lipinski definition) is 2. The minimum atomic E-state index is -0.875. The van der Waals surface area contributed by atoms with Crippen molar-refractivity contribution in [2.45, 2.75) is 25.7 Å². The highest BCUT2D eigenvalue weighted by Gasteiger charge is 2.35. The Hall–Kier alpha value is -1.64. The quantitative estimate of drug-likeness (QED) is 0.579. The molecular weight excluding hydrogens is 219 g/mol. The van der Waals surface area contributed by atoms with Crippen molar-refractivity contribution in [2.24, 2.45) is 0 Å². The number of esters is 1. The van der Waals surface area contributed by atoms with E-state index in [1.165, 1.54) is 12.1 Å². The topological polar surface area (TPSA) is 26.3 Å². The summed E-state index contributed by atoms with van der Waals surface area (Å²) in [5.41, 5.74) is -0.268. The maximum Gasteiger partial charge on any atom is 0.316 e. The van der Waals surface area contributed by atoms with Gasteiger partial charge in [0.05, 0.1) is 12.0 Å². The van der Waals surface area contributed by atoms with Crippen LogP contribution < -0.4 is 0 Å². The highest BCUT2D eigenvalue weighted by atomic mass is 19.1. The first kappa shape index (κ1) is 13.4. The number of halogens is 1. The van der Waals surface area contributed by atoms with Crippen molar-refractivity contribution in [3.05, 3.63) is 48.3 Å². The molecule has 1 atom stereocenters. The average molecular weight is 236 g/mol.